The first-order chi connectivity index (χ1) is 12.0. The number of carbonyl (C=O) groups excluding carboxylic acids is 1. The van der Waals surface area contributed by atoms with Crippen molar-refractivity contribution in [3.8, 4) is 11.5 Å². The summed E-state index contributed by atoms with van der Waals surface area (Å²) in [6, 6.07) is 13.2. The maximum atomic E-state index is 12.1. The number of rotatable bonds is 8. The first-order valence-corrected chi connectivity index (χ1v) is 8.92. The van der Waals surface area contributed by atoms with Crippen LogP contribution in [-0.4, -0.2) is 26.2 Å². The van der Waals surface area contributed by atoms with Crippen molar-refractivity contribution >= 4 is 27.5 Å². The second-order valence-corrected chi connectivity index (χ2v) is 6.36. The van der Waals surface area contributed by atoms with Gasteiger partial charge in [-0.2, -0.15) is 0 Å². The van der Waals surface area contributed by atoms with Crippen LogP contribution in [0.1, 0.15) is 25.5 Å². The second-order valence-electron chi connectivity index (χ2n) is 5.50. The standard InChI is InChI=1S/C19H23BrN2O3/c1-4-25-16-8-6-15(7-9-16)22-19(23)12-21-13(2)14-5-10-18(24-3)17(20)11-14/h5-11,13,21H,4,12H2,1-3H3,(H,22,23)/t13-/m0/s1. The maximum Gasteiger partial charge on any atom is 0.238 e. The Labute approximate surface area is 156 Å². The molecule has 0 aromatic heterocycles. The monoisotopic (exact) mass is 406 g/mol. The van der Waals surface area contributed by atoms with Crippen LogP contribution in [0.4, 0.5) is 5.69 Å². The molecule has 0 fully saturated rings. The molecule has 6 heteroatoms. The lowest BCUT2D eigenvalue weighted by Gasteiger charge is -2.15. The number of carbonyl (C=O) groups is 1. The average Bonchev–Trinajstić information content (AvgIpc) is 2.61. The van der Waals surface area contributed by atoms with Gasteiger partial charge in [0, 0.05) is 11.7 Å². The minimum absolute atomic E-state index is 0.0355. The predicted octanol–water partition coefficient (Wildman–Crippen LogP) is 4.15. The molecule has 25 heavy (non-hydrogen) atoms. The molecule has 0 aliphatic carbocycles. The molecule has 0 unspecified atom stereocenters. The van der Waals surface area contributed by atoms with Crippen LogP contribution in [0.15, 0.2) is 46.9 Å². The van der Waals surface area contributed by atoms with Crippen molar-refractivity contribution in [1.29, 1.82) is 0 Å². The lowest BCUT2D eigenvalue weighted by molar-refractivity contribution is -0.115. The first-order valence-electron chi connectivity index (χ1n) is 8.13. The van der Waals surface area contributed by atoms with Crippen molar-refractivity contribution in [3.05, 3.63) is 52.5 Å². The highest BCUT2D eigenvalue weighted by atomic mass is 79.9. The van der Waals surface area contributed by atoms with Crippen molar-refractivity contribution in [1.82, 2.24) is 5.32 Å². The van der Waals surface area contributed by atoms with E-state index in [1.807, 2.05) is 56.3 Å². The molecule has 0 bridgehead atoms. The summed E-state index contributed by atoms with van der Waals surface area (Å²) in [6.45, 7) is 4.79. The number of benzene rings is 2. The van der Waals surface area contributed by atoms with E-state index in [1.54, 1.807) is 7.11 Å². The van der Waals surface area contributed by atoms with Gasteiger partial charge in [0.25, 0.3) is 0 Å². The summed E-state index contributed by atoms with van der Waals surface area (Å²) in [6.07, 6.45) is 0. The zero-order valence-corrected chi connectivity index (χ0v) is 16.2. The largest absolute Gasteiger partial charge is 0.496 e. The highest BCUT2D eigenvalue weighted by Crippen LogP contribution is 2.27. The Morgan fingerprint density at radius 2 is 1.92 bits per heavy atom. The van der Waals surface area contributed by atoms with Crippen molar-refractivity contribution < 1.29 is 14.3 Å². The number of amides is 1. The Kier molecular flexibility index (Phi) is 7.28. The van der Waals surface area contributed by atoms with Crippen molar-refractivity contribution in [2.75, 3.05) is 25.6 Å². The normalized spacial score (nSPS) is 11.7. The van der Waals surface area contributed by atoms with Crippen molar-refractivity contribution in [2.45, 2.75) is 19.9 Å². The zero-order chi connectivity index (χ0) is 18.2. The molecule has 0 saturated carbocycles. The van der Waals surface area contributed by atoms with E-state index in [9.17, 15) is 4.79 Å². The molecule has 134 valence electrons. The van der Waals surface area contributed by atoms with Gasteiger partial charge >= 0.3 is 0 Å². The van der Waals surface area contributed by atoms with Gasteiger partial charge in [-0.3, -0.25) is 4.79 Å². The number of anilines is 1. The lowest BCUT2D eigenvalue weighted by atomic mass is 10.1. The van der Waals surface area contributed by atoms with Gasteiger partial charge in [-0.1, -0.05) is 6.07 Å². The first kappa shape index (κ1) is 19.3. The third-order valence-corrected chi connectivity index (χ3v) is 4.31. The summed E-state index contributed by atoms with van der Waals surface area (Å²) in [5, 5.41) is 6.08. The smallest absolute Gasteiger partial charge is 0.238 e. The van der Waals surface area contributed by atoms with Gasteiger partial charge in [0.1, 0.15) is 11.5 Å². The molecule has 2 aromatic rings. The van der Waals surface area contributed by atoms with Gasteiger partial charge in [0.2, 0.25) is 5.91 Å². The fraction of sp³-hybridized carbons (Fsp3) is 0.316. The van der Waals surface area contributed by atoms with E-state index in [0.717, 1.165) is 27.2 Å². The van der Waals surface area contributed by atoms with Crippen molar-refractivity contribution in [3.63, 3.8) is 0 Å². The van der Waals surface area contributed by atoms with Crippen LogP contribution in [0.25, 0.3) is 0 Å². The van der Waals surface area contributed by atoms with E-state index < -0.39 is 0 Å². The zero-order valence-electron chi connectivity index (χ0n) is 14.6. The summed E-state index contributed by atoms with van der Waals surface area (Å²) in [5.74, 6) is 1.48. The van der Waals surface area contributed by atoms with Crippen LogP contribution in [0, 0.1) is 0 Å². The molecule has 0 aliphatic rings. The summed E-state index contributed by atoms with van der Waals surface area (Å²) in [4.78, 5) is 12.1. The summed E-state index contributed by atoms with van der Waals surface area (Å²) < 4.78 is 11.5. The van der Waals surface area contributed by atoms with Crippen LogP contribution in [-0.2, 0) is 4.79 Å². The SMILES string of the molecule is CCOc1ccc(NC(=O)CN[C@@H](C)c2ccc(OC)c(Br)c2)cc1. The molecule has 0 saturated heterocycles. The molecule has 0 spiro atoms. The fourth-order valence-corrected chi connectivity index (χ4v) is 2.88. The Morgan fingerprint density at radius 1 is 1.20 bits per heavy atom. The van der Waals surface area contributed by atoms with E-state index >= 15 is 0 Å². The molecule has 1 atom stereocenters. The van der Waals surface area contributed by atoms with E-state index in [4.69, 9.17) is 9.47 Å². The van der Waals surface area contributed by atoms with Crippen LogP contribution >= 0.6 is 15.9 Å². The molecule has 2 rings (SSSR count). The Bertz CT molecular complexity index is 704. The van der Waals surface area contributed by atoms with E-state index in [-0.39, 0.29) is 18.5 Å². The Hall–Kier alpha value is -2.05. The fourth-order valence-electron chi connectivity index (χ4n) is 2.32. The van der Waals surface area contributed by atoms with Crippen LogP contribution in [0.5, 0.6) is 11.5 Å². The van der Waals surface area contributed by atoms with Gasteiger partial charge in [-0.15, -0.1) is 0 Å². The Morgan fingerprint density at radius 3 is 2.52 bits per heavy atom. The van der Waals surface area contributed by atoms with Crippen LogP contribution < -0.4 is 20.1 Å². The van der Waals surface area contributed by atoms with E-state index in [1.165, 1.54) is 0 Å². The number of methoxy groups -OCH3 is 1. The molecule has 2 N–H and O–H groups in total. The highest BCUT2D eigenvalue weighted by molar-refractivity contribution is 9.10. The van der Waals surface area contributed by atoms with E-state index in [0.29, 0.717) is 6.61 Å². The summed E-state index contributed by atoms with van der Waals surface area (Å²) in [7, 11) is 1.63. The number of hydrogen-bond acceptors (Lipinski definition) is 4. The maximum absolute atomic E-state index is 12.1. The topological polar surface area (TPSA) is 59.6 Å². The van der Waals surface area contributed by atoms with Crippen LogP contribution in [0.3, 0.4) is 0 Å². The minimum Gasteiger partial charge on any atom is -0.496 e. The summed E-state index contributed by atoms with van der Waals surface area (Å²) in [5.41, 5.74) is 1.82. The number of nitrogens with one attached hydrogen (secondary N) is 2. The van der Waals surface area contributed by atoms with Gasteiger partial charge in [-0.25, -0.2) is 0 Å². The number of hydrogen-bond donors (Lipinski definition) is 2. The average molecular weight is 407 g/mol. The quantitative estimate of drug-likeness (QED) is 0.691. The van der Waals surface area contributed by atoms with Gasteiger partial charge < -0.3 is 20.1 Å². The Balaban J connectivity index is 1.85. The molecule has 0 aliphatic heterocycles. The molecule has 5 nitrogen and oxygen atoms in total. The number of ether oxygens (including phenoxy) is 2. The second kappa shape index (κ2) is 9.44. The molecule has 1 amide bonds. The third kappa shape index (κ3) is 5.76. The predicted molar refractivity (Wildman–Crippen MR) is 103 cm³/mol. The lowest BCUT2D eigenvalue weighted by Crippen LogP contribution is -2.30. The summed E-state index contributed by atoms with van der Waals surface area (Å²) >= 11 is 3.47. The van der Waals surface area contributed by atoms with Gasteiger partial charge in [-0.05, 0) is 71.7 Å². The molecular formula is C19H23BrN2O3. The minimum atomic E-state index is -0.0939. The van der Waals surface area contributed by atoms with Crippen molar-refractivity contribution in [2.24, 2.45) is 0 Å². The number of halogens is 1. The third-order valence-electron chi connectivity index (χ3n) is 3.69. The van der Waals surface area contributed by atoms with E-state index in [2.05, 4.69) is 26.6 Å². The van der Waals surface area contributed by atoms with Gasteiger partial charge in [0.15, 0.2) is 0 Å². The molecule has 0 radical (unpaired) electrons. The molecule has 0 heterocycles. The van der Waals surface area contributed by atoms with Crippen LogP contribution in [0.2, 0.25) is 0 Å². The highest BCUT2D eigenvalue weighted by Gasteiger charge is 2.10. The molecule has 2 aromatic carbocycles. The van der Waals surface area contributed by atoms with Gasteiger partial charge in [0.05, 0.1) is 24.7 Å². The molecular weight excluding hydrogens is 384 g/mol.